The van der Waals surface area contributed by atoms with Gasteiger partial charge in [-0.25, -0.2) is 0 Å². The summed E-state index contributed by atoms with van der Waals surface area (Å²) in [5, 5.41) is 0. The molecule has 2 unspecified atom stereocenters. The van der Waals surface area contributed by atoms with Crippen LogP contribution in [0.2, 0.25) is 17.8 Å². The van der Waals surface area contributed by atoms with Crippen molar-refractivity contribution < 1.29 is 17.7 Å². The fraction of sp³-hybridized carbons (Fsp3) is 0.875. The molecule has 0 aromatic heterocycles. The minimum atomic E-state index is -2.64. The minimum absolute atomic E-state index is 0.630. The largest absolute Gasteiger partial charge is 0.500 e. The van der Waals surface area contributed by atoms with E-state index in [4.69, 9.17) is 17.7 Å². The summed E-state index contributed by atoms with van der Waals surface area (Å²) in [7, 11) is -4.60. The zero-order valence-corrected chi connectivity index (χ0v) is 17.0. The summed E-state index contributed by atoms with van der Waals surface area (Å²) < 4.78 is 24.6. The van der Waals surface area contributed by atoms with Gasteiger partial charge in [0, 0.05) is 32.1 Å². The first kappa shape index (κ1) is 20.1. The van der Waals surface area contributed by atoms with Gasteiger partial charge in [-0.2, -0.15) is 0 Å². The predicted octanol–water partition coefficient (Wildman–Crippen LogP) is 4.30. The van der Waals surface area contributed by atoms with E-state index in [1.165, 1.54) is 6.42 Å². The molecule has 6 heteroatoms. The van der Waals surface area contributed by atoms with E-state index in [9.17, 15) is 0 Å². The van der Waals surface area contributed by atoms with Crippen LogP contribution in [0.4, 0.5) is 0 Å². The fourth-order valence-electron chi connectivity index (χ4n) is 3.36. The molecule has 0 amide bonds. The molecule has 1 rings (SSSR count). The lowest BCUT2D eigenvalue weighted by atomic mass is 10.1. The maximum atomic E-state index is 6.36. The van der Waals surface area contributed by atoms with E-state index in [-0.39, 0.29) is 0 Å². The SMILES string of the molecule is CCO[Si](C[Si](C)(OCC)C1CC=CCC1)(OCC)OCC. The highest BCUT2D eigenvalue weighted by molar-refractivity contribution is 6.87. The number of rotatable bonds is 11. The summed E-state index contributed by atoms with van der Waals surface area (Å²) in [5.74, 6) is 0. The third-order valence-corrected chi connectivity index (χ3v) is 14.2. The van der Waals surface area contributed by atoms with Crippen LogP contribution in [-0.4, -0.2) is 43.5 Å². The van der Waals surface area contributed by atoms with Crippen molar-refractivity contribution >= 4 is 17.1 Å². The van der Waals surface area contributed by atoms with Gasteiger partial charge < -0.3 is 17.7 Å². The molecule has 2 atom stereocenters. The van der Waals surface area contributed by atoms with E-state index >= 15 is 0 Å². The molecule has 1 aliphatic rings. The second-order valence-electron chi connectivity index (χ2n) is 5.89. The smallest absolute Gasteiger partial charge is 0.417 e. The van der Waals surface area contributed by atoms with Crippen molar-refractivity contribution in [3.05, 3.63) is 12.2 Å². The highest BCUT2D eigenvalue weighted by Crippen LogP contribution is 2.40. The van der Waals surface area contributed by atoms with E-state index in [2.05, 4.69) is 25.6 Å². The second-order valence-corrected chi connectivity index (χ2v) is 13.3. The standard InChI is InChI=1S/C16H34O4Si2/c1-6-17-21(5,16-13-11-10-12-14-16)15-22(18-7-2,19-8-3)20-9-4/h10-11,16H,6-9,12-15H2,1-5H3. The van der Waals surface area contributed by atoms with Gasteiger partial charge in [-0.05, 0) is 59.0 Å². The van der Waals surface area contributed by atoms with Crippen molar-refractivity contribution in [2.75, 3.05) is 26.4 Å². The molecule has 4 nitrogen and oxygen atoms in total. The summed E-state index contributed by atoms with van der Waals surface area (Å²) >= 11 is 0. The Morgan fingerprint density at radius 2 is 1.41 bits per heavy atom. The first-order valence-corrected chi connectivity index (χ1v) is 13.4. The molecule has 0 saturated carbocycles. The third-order valence-electron chi connectivity index (χ3n) is 4.27. The topological polar surface area (TPSA) is 36.9 Å². The molecule has 0 heterocycles. The van der Waals surface area contributed by atoms with E-state index in [1.807, 2.05) is 20.8 Å². The quantitative estimate of drug-likeness (QED) is 0.413. The second kappa shape index (κ2) is 10.00. The third kappa shape index (κ3) is 5.58. The average Bonchev–Trinajstić information content (AvgIpc) is 2.49. The molecule has 0 aliphatic heterocycles. The molecule has 0 aromatic carbocycles. The lowest BCUT2D eigenvalue weighted by molar-refractivity contribution is 0.0738. The summed E-state index contributed by atoms with van der Waals surface area (Å²) in [5.41, 5.74) is 1.49. The van der Waals surface area contributed by atoms with Crippen LogP contribution in [0.3, 0.4) is 0 Å². The van der Waals surface area contributed by atoms with Crippen molar-refractivity contribution in [1.82, 2.24) is 0 Å². The molecule has 130 valence electrons. The highest BCUT2D eigenvalue weighted by atomic mass is 28.4. The molecule has 0 fully saturated rings. The van der Waals surface area contributed by atoms with Crippen LogP contribution in [-0.2, 0) is 17.7 Å². The summed E-state index contributed by atoms with van der Waals surface area (Å²) in [6, 6.07) is 0. The summed E-state index contributed by atoms with van der Waals surface area (Å²) in [6.07, 6.45) is 8.09. The van der Waals surface area contributed by atoms with Gasteiger partial charge in [-0.1, -0.05) is 12.2 Å². The van der Waals surface area contributed by atoms with Crippen LogP contribution in [0.5, 0.6) is 0 Å². The van der Waals surface area contributed by atoms with Gasteiger partial charge in [-0.3, -0.25) is 0 Å². The molecule has 1 aliphatic carbocycles. The minimum Gasteiger partial charge on any atom is -0.417 e. The van der Waals surface area contributed by atoms with Crippen LogP contribution in [0.25, 0.3) is 0 Å². The molecular weight excluding hydrogens is 312 g/mol. The monoisotopic (exact) mass is 346 g/mol. The lowest BCUT2D eigenvalue weighted by Gasteiger charge is -2.40. The van der Waals surface area contributed by atoms with Crippen molar-refractivity contribution in [1.29, 1.82) is 0 Å². The molecule has 0 aromatic rings. The van der Waals surface area contributed by atoms with Gasteiger partial charge in [0.25, 0.3) is 0 Å². The van der Waals surface area contributed by atoms with E-state index < -0.39 is 17.1 Å². The molecule has 0 spiro atoms. The Hall–Kier alpha value is 0.0138. The molecule has 0 saturated heterocycles. The van der Waals surface area contributed by atoms with E-state index in [1.54, 1.807) is 0 Å². The predicted molar refractivity (Wildman–Crippen MR) is 95.4 cm³/mol. The Bertz CT molecular complexity index is 321. The number of hydrogen-bond acceptors (Lipinski definition) is 4. The van der Waals surface area contributed by atoms with Crippen LogP contribution in [0.1, 0.15) is 47.0 Å². The molecule has 0 radical (unpaired) electrons. The van der Waals surface area contributed by atoms with E-state index in [0.29, 0.717) is 25.4 Å². The van der Waals surface area contributed by atoms with Crippen LogP contribution in [0.15, 0.2) is 12.2 Å². The molecule has 22 heavy (non-hydrogen) atoms. The van der Waals surface area contributed by atoms with Gasteiger partial charge in [0.2, 0.25) is 0 Å². The maximum Gasteiger partial charge on any atom is 0.500 e. The number of allylic oxidation sites excluding steroid dienone is 2. The average molecular weight is 347 g/mol. The zero-order valence-electron chi connectivity index (χ0n) is 15.0. The fourth-order valence-corrected chi connectivity index (χ4v) is 13.5. The van der Waals surface area contributed by atoms with E-state index in [0.717, 1.165) is 25.1 Å². The van der Waals surface area contributed by atoms with Crippen LogP contribution < -0.4 is 0 Å². The maximum absolute atomic E-state index is 6.36. The normalized spacial score (nSPS) is 21.8. The van der Waals surface area contributed by atoms with Crippen molar-refractivity contribution in [2.24, 2.45) is 0 Å². The molecule has 0 N–H and O–H groups in total. The van der Waals surface area contributed by atoms with Crippen molar-refractivity contribution in [3.8, 4) is 0 Å². The van der Waals surface area contributed by atoms with Crippen molar-refractivity contribution in [2.45, 2.75) is 64.7 Å². The lowest BCUT2D eigenvalue weighted by Crippen LogP contribution is -2.56. The van der Waals surface area contributed by atoms with Gasteiger partial charge in [0.05, 0.1) is 0 Å². The Morgan fingerprint density at radius 1 is 0.864 bits per heavy atom. The number of hydrogen-bond donors (Lipinski definition) is 0. The van der Waals surface area contributed by atoms with Crippen molar-refractivity contribution in [3.63, 3.8) is 0 Å². The van der Waals surface area contributed by atoms with Gasteiger partial charge in [0.15, 0.2) is 8.32 Å². The molecular formula is C16H34O4Si2. The van der Waals surface area contributed by atoms with Gasteiger partial charge in [0.1, 0.15) is 0 Å². The van der Waals surface area contributed by atoms with Gasteiger partial charge >= 0.3 is 8.80 Å². The Balaban J connectivity index is 2.97. The Kier molecular flexibility index (Phi) is 9.12. The first-order valence-electron chi connectivity index (χ1n) is 8.76. The highest BCUT2D eigenvalue weighted by Gasteiger charge is 2.52. The van der Waals surface area contributed by atoms with Crippen LogP contribution in [0, 0.1) is 0 Å². The zero-order chi connectivity index (χ0) is 16.5. The first-order chi connectivity index (χ1) is 10.6. The Morgan fingerprint density at radius 3 is 1.82 bits per heavy atom. The van der Waals surface area contributed by atoms with Gasteiger partial charge in [-0.15, -0.1) is 0 Å². The summed E-state index contributed by atoms with van der Waals surface area (Å²) in [6.45, 7) is 13.1. The molecule has 0 bridgehead atoms. The van der Waals surface area contributed by atoms with Crippen LogP contribution >= 0.6 is 0 Å². The Labute approximate surface area is 138 Å². The summed E-state index contributed by atoms with van der Waals surface area (Å²) in [4.78, 5) is 0.